The molecule has 3 aromatic rings. The Labute approximate surface area is 189 Å². The molecule has 1 radical (unpaired) electrons. The number of carbonyl (C=O) groups is 1. The number of nitrogens with zero attached hydrogens (tertiary/aromatic N) is 2. The van der Waals surface area contributed by atoms with Crippen LogP contribution in [-0.2, 0) is 43.9 Å². The van der Waals surface area contributed by atoms with Crippen LogP contribution in [0.15, 0.2) is 54.7 Å². The second kappa shape index (κ2) is 9.83. The van der Waals surface area contributed by atoms with Gasteiger partial charge in [-0.15, -0.1) is 0 Å². The van der Waals surface area contributed by atoms with Gasteiger partial charge in [0.1, 0.15) is 11.5 Å². The first kappa shape index (κ1) is 22.1. The van der Waals surface area contributed by atoms with Crippen molar-refractivity contribution in [2.75, 3.05) is 0 Å². The molecule has 0 saturated heterocycles. The first-order valence-electron chi connectivity index (χ1n) is 8.44. The summed E-state index contributed by atoms with van der Waals surface area (Å²) in [6.07, 6.45) is 2.13. The third kappa shape index (κ3) is 4.99. The minimum Gasteiger partial charge on any atom is -0.505 e. The van der Waals surface area contributed by atoms with Crippen molar-refractivity contribution in [2.24, 2.45) is 5.73 Å². The summed E-state index contributed by atoms with van der Waals surface area (Å²) >= 11 is 0. The van der Waals surface area contributed by atoms with Gasteiger partial charge in [-0.1, -0.05) is 18.2 Å². The molecule has 2 aromatic carbocycles. The van der Waals surface area contributed by atoms with Gasteiger partial charge >= 0.3 is 0 Å². The summed E-state index contributed by atoms with van der Waals surface area (Å²) in [7, 11) is 3.57. The molecule has 2 atom stereocenters. The van der Waals surface area contributed by atoms with Crippen LogP contribution in [0.2, 0.25) is 0 Å². The van der Waals surface area contributed by atoms with E-state index in [4.69, 9.17) is 15.7 Å². The molecular formula is C21H20N4O2Y-2. The first-order valence-corrected chi connectivity index (χ1v) is 8.44. The van der Waals surface area contributed by atoms with Gasteiger partial charge in [-0.25, -0.2) is 0 Å². The Kier molecular flexibility index (Phi) is 7.76. The number of benzene rings is 2. The average molecular weight is 449 g/mol. The Morgan fingerprint density at radius 2 is 1.96 bits per heavy atom. The maximum atomic E-state index is 12.3. The van der Waals surface area contributed by atoms with Crippen LogP contribution < -0.4 is 10.5 Å². The zero-order chi connectivity index (χ0) is 19.4. The summed E-state index contributed by atoms with van der Waals surface area (Å²) in [5.41, 5.74) is 7.85. The van der Waals surface area contributed by atoms with E-state index in [1.54, 1.807) is 0 Å². The van der Waals surface area contributed by atoms with Gasteiger partial charge in [-0.05, 0) is 48.4 Å². The zero-order valence-corrected chi connectivity index (χ0v) is 18.2. The number of H-pyrrole nitrogens is 1. The number of hydrogen-bond acceptors (Lipinski definition) is 4. The number of amides is 1. The Bertz CT molecular complexity index is 981. The van der Waals surface area contributed by atoms with Crippen molar-refractivity contribution in [1.82, 2.24) is 9.88 Å². The minimum absolute atomic E-state index is 0. The molecule has 1 aromatic heterocycles. The van der Waals surface area contributed by atoms with Gasteiger partial charge in [-0.3, -0.25) is 11.8 Å². The summed E-state index contributed by atoms with van der Waals surface area (Å²) in [6.45, 7) is 3.56. The number of para-hydroxylation sites is 1. The quantitative estimate of drug-likeness (QED) is 0.566. The number of fused-ring (bicyclic) bond motifs is 1. The summed E-state index contributed by atoms with van der Waals surface area (Å²) < 4.78 is 5.87. The molecule has 0 spiro atoms. The Balaban J connectivity index is 0.00000280. The average Bonchev–Trinajstić information content (AvgIpc) is 3.09. The largest absolute Gasteiger partial charge is 0.505 e. The summed E-state index contributed by atoms with van der Waals surface area (Å²) in [5.74, 6) is 1.00. The molecule has 1 heterocycles. The predicted octanol–water partition coefficient (Wildman–Crippen LogP) is 3.17. The van der Waals surface area contributed by atoms with Gasteiger partial charge in [0.25, 0.3) is 0 Å². The zero-order valence-electron chi connectivity index (χ0n) is 15.3. The molecule has 1 unspecified atom stereocenters. The molecular weight excluding hydrogens is 429 g/mol. The number of carbonyl (C=O) groups excluding carboxylic acids is 1. The number of ether oxygens (including phenoxy) is 1. The maximum Gasteiger partial charge on any atom is 0.209 e. The number of nitrogens with two attached hydrogens (primary N) is 1. The number of aromatic amines is 1. The van der Waals surface area contributed by atoms with Crippen molar-refractivity contribution in [3.05, 3.63) is 74.3 Å². The molecule has 3 rings (SSSR count). The van der Waals surface area contributed by atoms with E-state index in [1.807, 2.05) is 60.8 Å². The molecule has 3 N–H and O–H groups in total. The van der Waals surface area contributed by atoms with Crippen molar-refractivity contribution in [3.63, 3.8) is 0 Å². The van der Waals surface area contributed by atoms with Crippen molar-refractivity contribution in [3.8, 4) is 17.6 Å². The van der Waals surface area contributed by atoms with Gasteiger partial charge in [-0.2, -0.15) is 5.26 Å². The van der Waals surface area contributed by atoms with Crippen LogP contribution in [0.5, 0.6) is 11.5 Å². The van der Waals surface area contributed by atoms with Crippen LogP contribution in [0.25, 0.3) is 10.9 Å². The number of nitriles is 1. The van der Waals surface area contributed by atoms with E-state index >= 15 is 0 Å². The topological polar surface area (TPSA) is 95.1 Å². The Morgan fingerprint density at radius 1 is 1.25 bits per heavy atom. The van der Waals surface area contributed by atoms with Crippen LogP contribution in [0.3, 0.4) is 0 Å². The monoisotopic (exact) mass is 449 g/mol. The number of nitrogens with one attached hydrogen (secondary N) is 1. The van der Waals surface area contributed by atoms with E-state index in [0.29, 0.717) is 12.2 Å². The molecule has 0 bridgehead atoms. The van der Waals surface area contributed by atoms with Crippen molar-refractivity contribution in [1.29, 1.82) is 5.26 Å². The number of rotatable bonds is 6. The first-order chi connectivity index (χ1) is 13.0. The molecule has 28 heavy (non-hydrogen) atoms. The van der Waals surface area contributed by atoms with Crippen molar-refractivity contribution in [2.45, 2.75) is 18.5 Å². The van der Waals surface area contributed by atoms with Crippen LogP contribution in [0, 0.1) is 25.3 Å². The molecule has 6 nitrogen and oxygen atoms in total. The van der Waals surface area contributed by atoms with Crippen molar-refractivity contribution < 1.29 is 42.2 Å². The molecule has 0 saturated carbocycles. The molecule has 141 valence electrons. The SMILES string of the molecule is [CH2-]C(C#N)N([CH2-])C(=O)[C@@H](N)Cc1c[nH]c2ccc(Oc3ccccc3)cc12.[Y]. The second-order valence-electron chi connectivity index (χ2n) is 6.20. The maximum absolute atomic E-state index is 12.3. The summed E-state index contributed by atoms with van der Waals surface area (Å²) in [4.78, 5) is 16.5. The van der Waals surface area contributed by atoms with Gasteiger partial charge in [0.15, 0.2) is 0 Å². The third-order valence-corrected chi connectivity index (χ3v) is 4.28. The summed E-state index contributed by atoms with van der Waals surface area (Å²) in [5, 5.41) is 9.80. The normalized spacial score (nSPS) is 12.5. The number of hydrogen-bond donors (Lipinski definition) is 2. The van der Waals surface area contributed by atoms with E-state index in [2.05, 4.69) is 19.0 Å². The van der Waals surface area contributed by atoms with E-state index in [-0.39, 0.29) is 32.7 Å². The van der Waals surface area contributed by atoms with Gasteiger partial charge in [0.2, 0.25) is 5.91 Å². The van der Waals surface area contributed by atoms with Gasteiger partial charge in [0.05, 0.1) is 12.1 Å². The van der Waals surface area contributed by atoms with Gasteiger partial charge in [0, 0.05) is 49.8 Å². The molecule has 1 amide bonds. The van der Waals surface area contributed by atoms with E-state index in [0.717, 1.165) is 27.1 Å². The predicted molar refractivity (Wildman–Crippen MR) is 103 cm³/mol. The van der Waals surface area contributed by atoms with Crippen molar-refractivity contribution >= 4 is 16.8 Å². The number of aromatic nitrogens is 1. The Hall–Kier alpha value is -2.20. The molecule has 0 aliphatic rings. The molecule has 0 aliphatic carbocycles. The van der Waals surface area contributed by atoms with E-state index in [1.165, 1.54) is 0 Å². The fraction of sp³-hybridized carbons (Fsp3) is 0.143. The van der Waals surface area contributed by atoms with Crippen LogP contribution in [-0.4, -0.2) is 27.9 Å². The standard InChI is InChI=1S/C21H20N4O2.Y/c1-14(12-22)25(2)21(26)19(23)10-15-13-24-20-9-8-17(11-18(15)20)27-16-6-4-3-5-7-16;/h3-9,11,13-14,19,24H,1-2,10,23H2;/q-2;/t14?,19-;/m0./s1. The van der Waals surface area contributed by atoms with Crippen LogP contribution in [0.4, 0.5) is 0 Å². The van der Waals surface area contributed by atoms with Gasteiger partial charge < -0.3 is 27.3 Å². The van der Waals surface area contributed by atoms with E-state index < -0.39 is 18.0 Å². The van der Waals surface area contributed by atoms with Crippen LogP contribution in [0.1, 0.15) is 5.56 Å². The fourth-order valence-corrected chi connectivity index (χ4v) is 2.78. The van der Waals surface area contributed by atoms with E-state index in [9.17, 15) is 4.79 Å². The minimum atomic E-state index is -0.877. The van der Waals surface area contributed by atoms with Crippen LogP contribution >= 0.6 is 0 Å². The molecule has 7 heteroatoms. The summed E-state index contributed by atoms with van der Waals surface area (Å²) in [6, 6.07) is 15.4. The smallest absolute Gasteiger partial charge is 0.209 e. The molecule has 0 fully saturated rings. The molecule has 0 aliphatic heterocycles. The second-order valence-corrected chi connectivity index (χ2v) is 6.20. The Morgan fingerprint density at radius 3 is 2.64 bits per heavy atom. The fourth-order valence-electron chi connectivity index (χ4n) is 2.78. The third-order valence-electron chi connectivity index (χ3n) is 4.28.